The summed E-state index contributed by atoms with van der Waals surface area (Å²) in [5.74, 6) is 1.35. The topological polar surface area (TPSA) is 38.9 Å². The number of fused-ring (bicyclic) bond motifs is 2. The standard InChI is InChI=1S/C33H33F2N5/c1-38-29-16-22(10-11-25(29)30(37-38)24-6-2-3-7-26(24)34)17-39-14-12-23(13-15-39)31-36-27-8-4-5-9-28(27)40(31)21-32-18-33(35,19-32)20-32/h2-11,16,23H,12-15,17-21H2,1H3. The number of para-hydroxylation sites is 2. The molecule has 0 spiro atoms. The van der Waals surface area contributed by atoms with Crippen LogP contribution < -0.4 is 0 Å². The molecule has 3 aliphatic carbocycles. The summed E-state index contributed by atoms with van der Waals surface area (Å²) in [6.07, 6.45) is 4.27. The quantitative estimate of drug-likeness (QED) is 0.234. The molecule has 3 aromatic carbocycles. The highest BCUT2D eigenvalue weighted by Gasteiger charge is 2.69. The van der Waals surface area contributed by atoms with Crippen molar-refractivity contribution in [3.63, 3.8) is 0 Å². The molecule has 2 aromatic heterocycles. The van der Waals surface area contributed by atoms with Gasteiger partial charge in [-0.15, -0.1) is 0 Å². The van der Waals surface area contributed by atoms with Crippen LogP contribution in [0.1, 0.15) is 49.4 Å². The zero-order valence-corrected chi connectivity index (χ0v) is 22.8. The van der Waals surface area contributed by atoms with E-state index in [1.54, 1.807) is 12.1 Å². The number of halogens is 2. The molecule has 4 fully saturated rings. The molecular formula is C33H33F2N5. The second-order valence-corrected chi connectivity index (χ2v) is 12.6. The molecule has 0 unspecified atom stereocenters. The van der Waals surface area contributed by atoms with E-state index in [1.807, 2.05) is 17.8 Å². The lowest BCUT2D eigenvalue weighted by molar-refractivity contribution is -0.220. The first kappa shape index (κ1) is 24.2. The number of nitrogens with zero attached hydrogens (tertiary/aromatic N) is 5. The molecule has 9 rings (SSSR count). The number of alkyl halides is 1. The Labute approximate surface area is 232 Å². The van der Waals surface area contributed by atoms with Gasteiger partial charge < -0.3 is 4.57 Å². The van der Waals surface area contributed by atoms with Gasteiger partial charge in [0, 0.05) is 37.0 Å². The molecule has 1 aliphatic heterocycles. The van der Waals surface area contributed by atoms with Gasteiger partial charge >= 0.3 is 0 Å². The van der Waals surface area contributed by atoms with Crippen LogP contribution in [0.3, 0.4) is 0 Å². The zero-order chi connectivity index (χ0) is 27.1. The van der Waals surface area contributed by atoms with Crippen molar-refractivity contribution in [3.05, 3.63) is 83.9 Å². The van der Waals surface area contributed by atoms with Gasteiger partial charge in [0.2, 0.25) is 0 Å². The summed E-state index contributed by atoms with van der Waals surface area (Å²) >= 11 is 0. The monoisotopic (exact) mass is 537 g/mol. The van der Waals surface area contributed by atoms with Crippen molar-refractivity contribution in [2.24, 2.45) is 12.5 Å². The molecule has 3 heterocycles. The van der Waals surface area contributed by atoms with Crippen LogP contribution >= 0.6 is 0 Å². The molecule has 0 atom stereocenters. The van der Waals surface area contributed by atoms with E-state index < -0.39 is 5.67 Å². The molecule has 0 N–H and O–H groups in total. The summed E-state index contributed by atoms with van der Waals surface area (Å²) in [5.41, 5.74) is 4.99. The fraction of sp³-hybridized carbons (Fsp3) is 0.394. The molecule has 204 valence electrons. The molecule has 5 nitrogen and oxygen atoms in total. The van der Waals surface area contributed by atoms with Gasteiger partial charge in [-0.05, 0) is 86.5 Å². The third-order valence-corrected chi connectivity index (χ3v) is 9.66. The molecule has 40 heavy (non-hydrogen) atoms. The summed E-state index contributed by atoms with van der Waals surface area (Å²) < 4.78 is 33.1. The lowest BCUT2D eigenvalue weighted by Gasteiger charge is -2.66. The number of likely N-dealkylation sites (tertiary alicyclic amines) is 1. The van der Waals surface area contributed by atoms with Crippen molar-refractivity contribution in [3.8, 4) is 11.3 Å². The third kappa shape index (κ3) is 3.81. The Morgan fingerprint density at radius 1 is 0.925 bits per heavy atom. The maximum Gasteiger partial charge on any atom is 0.132 e. The fourth-order valence-electron chi connectivity index (χ4n) is 7.80. The number of hydrogen-bond acceptors (Lipinski definition) is 3. The predicted octanol–water partition coefficient (Wildman–Crippen LogP) is 7.00. The summed E-state index contributed by atoms with van der Waals surface area (Å²) in [4.78, 5) is 7.63. The Morgan fingerprint density at radius 3 is 2.45 bits per heavy atom. The summed E-state index contributed by atoms with van der Waals surface area (Å²) in [5, 5.41) is 5.62. The Morgan fingerprint density at radius 2 is 1.68 bits per heavy atom. The molecule has 0 radical (unpaired) electrons. The summed E-state index contributed by atoms with van der Waals surface area (Å²) in [6, 6.07) is 21.7. The first-order valence-electron chi connectivity index (χ1n) is 14.5. The number of imidazole rings is 1. The van der Waals surface area contributed by atoms with Gasteiger partial charge in [0.15, 0.2) is 0 Å². The minimum absolute atomic E-state index is 0.143. The van der Waals surface area contributed by atoms with Crippen LogP contribution in [0.2, 0.25) is 0 Å². The molecule has 0 amide bonds. The van der Waals surface area contributed by atoms with Crippen molar-refractivity contribution in [2.45, 2.75) is 56.8 Å². The van der Waals surface area contributed by atoms with Crippen molar-refractivity contribution in [1.82, 2.24) is 24.2 Å². The smallest absolute Gasteiger partial charge is 0.132 e. The first-order valence-corrected chi connectivity index (χ1v) is 14.5. The van der Waals surface area contributed by atoms with Crippen LogP contribution in [0.5, 0.6) is 0 Å². The lowest BCUT2D eigenvalue weighted by Crippen LogP contribution is -2.65. The van der Waals surface area contributed by atoms with E-state index in [0.29, 0.717) is 36.4 Å². The number of hydrogen-bond donors (Lipinski definition) is 0. The van der Waals surface area contributed by atoms with Crippen molar-refractivity contribution in [2.75, 3.05) is 13.1 Å². The first-order chi connectivity index (χ1) is 19.4. The molecular weight excluding hydrogens is 504 g/mol. The molecule has 7 heteroatoms. The SMILES string of the molecule is Cn1nc(-c2ccccc2F)c2ccc(CN3CCC(c4nc5ccccc5n4CC45CC(F)(C4)C5)CC3)cc21. The van der Waals surface area contributed by atoms with E-state index in [2.05, 4.69) is 57.0 Å². The zero-order valence-electron chi connectivity index (χ0n) is 22.8. The second-order valence-electron chi connectivity index (χ2n) is 12.6. The van der Waals surface area contributed by atoms with E-state index >= 15 is 0 Å². The van der Waals surface area contributed by atoms with Gasteiger partial charge in [-0.1, -0.05) is 36.4 Å². The molecule has 3 saturated carbocycles. The maximum absolute atomic E-state index is 14.5. The number of aryl methyl sites for hydroxylation is 1. The highest BCUT2D eigenvalue weighted by Crippen LogP contribution is 2.70. The fourth-order valence-corrected chi connectivity index (χ4v) is 7.80. The van der Waals surface area contributed by atoms with Gasteiger partial charge in [0.1, 0.15) is 23.0 Å². The number of benzene rings is 3. The van der Waals surface area contributed by atoms with E-state index in [-0.39, 0.29) is 11.2 Å². The Balaban J connectivity index is 0.994. The van der Waals surface area contributed by atoms with Gasteiger partial charge in [-0.25, -0.2) is 13.8 Å². The van der Waals surface area contributed by atoms with Gasteiger partial charge in [0.05, 0.1) is 16.6 Å². The largest absolute Gasteiger partial charge is 0.327 e. The maximum atomic E-state index is 14.5. The van der Waals surface area contributed by atoms with Crippen LogP contribution in [0.15, 0.2) is 66.7 Å². The number of rotatable bonds is 6. The average Bonchev–Trinajstić information content (AvgIpc) is 3.45. The van der Waals surface area contributed by atoms with Crippen LogP contribution in [0.25, 0.3) is 33.2 Å². The number of piperidine rings is 1. The van der Waals surface area contributed by atoms with Crippen LogP contribution in [-0.2, 0) is 20.1 Å². The van der Waals surface area contributed by atoms with Crippen LogP contribution in [-0.4, -0.2) is 43.0 Å². The minimum atomic E-state index is -0.875. The van der Waals surface area contributed by atoms with Crippen LogP contribution in [0, 0.1) is 11.2 Å². The highest BCUT2D eigenvalue weighted by atomic mass is 19.1. The summed E-state index contributed by atoms with van der Waals surface area (Å²) in [6.45, 7) is 3.79. The van der Waals surface area contributed by atoms with Crippen molar-refractivity contribution < 1.29 is 8.78 Å². The van der Waals surface area contributed by atoms with Gasteiger partial charge in [0.25, 0.3) is 0 Å². The molecule has 2 bridgehead atoms. The predicted molar refractivity (Wildman–Crippen MR) is 153 cm³/mol. The highest BCUT2D eigenvalue weighted by molar-refractivity contribution is 5.93. The average molecular weight is 538 g/mol. The van der Waals surface area contributed by atoms with Crippen molar-refractivity contribution in [1.29, 1.82) is 0 Å². The van der Waals surface area contributed by atoms with E-state index in [9.17, 15) is 8.78 Å². The Kier molecular flexibility index (Phi) is 5.28. The normalized spacial score (nSPS) is 24.9. The molecule has 5 aromatic rings. The second kappa shape index (κ2) is 8.71. The minimum Gasteiger partial charge on any atom is -0.327 e. The van der Waals surface area contributed by atoms with E-state index in [4.69, 9.17) is 4.98 Å². The lowest BCUT2D eigenvalue weighted by atomic mass is 9.42. The van der Waals surface area contributed by atoms with Gasteiger partial charge in [-0.2, -0.15) is 5.10 Å². The Bertz CT molecular complexity index is 1740. The van der Waals surface area contributed by atoms with E-state index in [0.717, 1.165) is 55.4 Å². The third-order valence-electron chi connectivity index (χ3n) is 9.66. The molecule has 1 saturated heterocycles. The molecule has 4 aliphatic rings. The van der Waals surface area contributed by atoms with Crippen molar-refractivity contribution >= 4 is 21.9 Å². The number of aromatic nitrogens is 4. The Hall–Kier alpha value is -3.58. The van der Waals surface area contributed by atoms with Crippen LogP contribution in [0.4, 0.5) is 8.78 Å². The van der Waals surface area contributed by atoms with E-state index in [1.165, 1.54) is 23.0 Å². The van der Waals surface area contributed by atoms with Gasteiger partial charge in [-0.3, -0.25) is 9.58 Å². The summed E-state index contributed by atoms with van der Waals surface area (Å²) in [7, 11) is 1.92.